The second kappa shape index (κ2) is 7.90. The van der Waals surface area contributed by atoms with Crippen LogP contribution in [-0.4, -0.2) is 48.5 Å². The Morgan fingerprint density at radius 2 is 2.11 bits per heavy atom. The van der Waals surface area contributed by atoms with Crippen LogP contribution in [0.5, 0.6) is 11.6 Å². The summed E-state index contributed by atoms with van der Waals surface area (Å²) in [5.74, 6) is 0.798. The molecule has 0 saturated carbocycles. The molecule has 8 nitrogen and oxygen atoms in total. The van der Waals surface area contributed by atoms with E-state index >= 15 is 0 Å². The highest BCUT2D eigenvalue weighted by atomic mass is 32.2. The summed E-state index contributed by atoms with van der Waals surface area (Å²) in [6.45, 7) is 4.74. The maximum Gasteiger partial charge on any atom is 0.251 e. The molecule has 1 fully saturated rings. The fourth-order valence-electron chi connectivity index (χ4n) is 2.91. The molecule has 1 unspecified atom stereocenters. The Bertz CT molecular complexity index is 972. The Morgan fingerprint density at radius 1 is 1.33 bits per heavy atom. The zero-order valence-electron chi connectivity index (χ0n) is 15.1. The smallest absolute Gasteiger partial charge is 0.251 e. The zero-order chi connectivity index (χ0) is 19.4. The van der Waals surface area contributed by atoms with Crippen LogP contribution in [0.15, 0.2) is 35.5 Å². The largest absolute Gasteiger partial charge is 0.494 e. The number of hydrogen-bond donors (Lipinski definition) is 0. The number of rotatable bonds is 6. The molecule has 1 aromatic heterocycles. The van der Waals surface area contributed by atoms with Crippen LogP contribution in [-0.2, 0) is 10.0 Å². The third-order valence-corrected chi connectivity index (χ3v) is 6.10. The molecule has 0 aliphatic carbocycles. The van der Waals surface area contributed by atoms with Gasteiger partial charge in [-0.25, -0.2) is 18.4 Å². The van der Waals surface area contributed by atoms with Crippen LogP contribution in [0.25, 0.3) is 0 Å². The Hall–Kier alpha value is -2.70. The van der Waals surface area contributed by atoms with Gasteiger partial charge in [-0.1, -0.05) is 0 Å². The van der Waals surface area contributed by atoms with Crippen LogP contribution in [0.3, 0.4) is 0 Å². The lowest BCUT2D eigenvalue weighted by atomic mass is 10.2. The molecule has 1 saturated heterocycles. The van der Waals surface area contributed by atoms with Crippen molar-refractivity contribution in [3.63, 3.8) is 0 Å². The highest BCUT2D eigenvalue weighted by Gasteiger charge is 2.34. The lowest BCUT2D eigenvalue weighted by molar-refractivity contribution is 0.205. The number of nitrogens with zero attached hydrogens (tertiary/aromatic N) is 4. The van der Waals surface area contributed by atoms with Crippen LogP contribution >= 0.6 is 0 Å². The first-order chi connectivity index (χ1) is 13.0. The van der Waals surface area contributed by atoms with Crippen molar-refractivity contribution < 1.29 is 17.9 Å². The van der Waals surface area contributed by atoms with Gasteiger partial charge >= 0.3 is 0 Å². The van der Waals surface area contributed by atoms with Crippen molar-refractivity contribution in [2.75, 3.05) is 19.7 Å². The quantitative estimate of drug-likeness (QED) is 0.744. The van der Waals surface area contributed by atoms with Crippen molar-refractivity contribution in [2.24, 2.45) is 0 Å². The van der Waals surface area contributed by atoms with Gasteiger partial charge in [-0.15, -0.1) is 0 Å². The van der Waals surface area contributed by atoms with Crippen molar-refractivity contribution in [1.82, 2.24) is 14.3 Å². The molecule has 0 radical (unpaired) electrons. The molecule has 27 heavy (non-hydrogen) atoms. The first-order valence-corrected chi connectivity index (χ1v) is 10.0. The number of hydrogen-bond acceptors (Lipinski definition) is 7. The van der Waals surface area contributed by atoms with E-state index in [0.29, 0.717) is 25.3 Å². The predicted octanol–water partition coefficient (Wildman–Crippen LogP) is 1.90. The number of sulfonamides is 1. The highest BCUT2D eigenvalue weighted by molar-refractivity contribution is 7.89. The molecule has 0 bridgehead atoms. The molecule has 1 aliphatic heterocycles. The summed E-state index contributed by atoms with van der Waals surface area (Å²) in [6, 6.07) is 6.76. The van der Waals surface area contributed by atoms with Gasteiger partial charge in [0.25, 0.3) is 5.88 Å². The number of nitriles is 1. The molecule has 142 valence electrons. The van der Waals surface area contributed by atoms with E-state index < -0.39 is 10.0 Å². The first kappa shape index (κ1) is 19.1. The molecular formula is C18H20N4O4S. The second-order valence-corrected chi connectivity index (χ2v) is 8.01. The van der Waals surface area contributed by atoms with Crippen LogP contribution in [0, 0.1) is 18.3 Å². The summed E-state index contributed by atoms with van der Waals surface area (Å²) in [5, 5.41) is 9.06. The Morgan fingerprint density at radius 3 is 2.81 bits per heavy atom. The Labute approximate surface area is 158 Å². The van der Waals surface area contributed by atoms with Gasteiger partial charge in [0.05, 0.1) is 18.0 Å². The van der Waals surface area contributed by atoms with E-state index in [1.54, 1.807) is 18.2 Å². The van der Waals surface area contributed by atoms with E-state index in [2.05, 4.69) is 9.97 Å². The predicted molar refractivity (Wildman–Crippen MR) is 96.9 cm³/mol. The highest BCUT2D eigenvalue weighted by Crippen LogP contribution is 2.27. The summed E-state index contributed by atoms with van der Waals surface area (Å²) < 4.78 is 38.4. The normalized spacial score (nSPS) is 17.4. The third kappa shape index (κ3) is 4.02. The zero-order valence-corrected chi connectivity index (χ0v) is 15.9. The Balaban J connectivity index is 1.74. The second-order valence-electron chi connectivity index (χ2n) is 6.07. The van der Waals surface area contributed by atoms with Gasteiger partial charge in [-0.2, -0.15) is 9.57 Å². The number of ether oxygens (including phenoxy) is 2. The van der Waals surface area contributed by atoms with Gasteiger partial charge in [0.1, 0.15) is 17.9 Å². The molecule has 1 aromatic carbocycles. The molecule has 3 rings (SSSR count). The molecule has 0 N–H and O–H groups in total. The minimum absolute atomic E-state index is 0.0842. The van der Waals surface area contributed by atoms with E-state index in [0.717, 1.165) is 5.56 Å². The SMILES string of the molecule is CCOc1ccc(S(=O)(=O)N2CCC(Oc3nccnc3C#N)C2)cc1C. The van der Waals surface area contributed by atoms with Gasteiger partial charge in [-0.05, 0) is 44.0 Å². The summed E-state index contributed by atoms with van der Waals surface area (Å²) in [4.78, 5) is 8.13. The van der Waals surface area contributed by atoms with Gasteiger partial charge in [0, 0.05) is 18.9 Å². The van der Waals surface area contributed by atoms with Gasteiger partial charge < -0.3 is 9.47 Å². The van der Waals surface area contributed by atoms with Crippen LogP contribution in [0.4, 0.5) is 0 Å². The summed E-state index contributed by atoms with van der Waals surface area (Å²) >= 11 is 0. The summed E-state index contributed by atoms with van der Waals surface area (Å²) in [6.07, 6.45) is 2.97. The third-order valence-electron chi connectivity index (χ3n) is 4.24. The maximum absolute atomic E-state index is 12.9. The van der Waals surface area contributed by atoms with E-state index in [1.807, 2.05) is 19.9 Å². The monoisotopic (exact) mass is 388 g/mol. The van der Waals surface area contributed by atoms with Crippen molar-refractivity contribution in [1.29, 1.82) is 5.26 Å². The van der Waals surface area contributed by atoms with E-state index in [-0.39, 0.29) is 29.1 Å². The number of aryl methyl sites for hydroxylation is 1. The van der Waals surface area contributed by atoms with Crippen LogP contribution < -0.4 is 9.47 Å². The van der Waals surface area contributed by atoms with Crippen molar-refractivity contribution in [3.05, 3.63) is 41.9 Å². The average molecular weight is 388 g/mol. The molecule has 0 spiro atoms. The molecule has 2 aromatic rings. The fraction of sp³-hybridized carbons (Fsp3) is 0.389. The van der Waals surface area contributed by atoms with Crippen molar-refractivity contribution in [3.8, 4) is 17.7 Å². The molecule has 1 aliphatic rings. The van der Waals surface area contributed by atoms with E-state index in [9.17, 15) is 8.42 Å². The fourth-order valence-corrected chi connectivity index (χ4v) is 4.48. The number of benzene rings is 1. The molecule has 0 amide bonds. The lowest BCUT2D eigenvalue weighted by Gasteiger charge is -2.18. The van der Waals surface area contributed by atoms with Crippen LogP contribution in [0.2, 0.25) is 0 Å². The van der Waals surface area contributed by atoms with Crippen LogP contribution in [0.1, 0.15) is 24.6 Å². The van der Waals surface area contributed by atoms with Gasteiger partial charge in [0.2, 0.25) is 15.7 Å². The van der Waals surface area contributed by atoms with Gasteiger partial charge in [0.15, 0.2) is 0 Å². The first-order valence-electron chi connectivity index (χ1n) is 8.57. The minimum Gasteiger partial charge on any atom is -0.494 e. The molecular weight excluding hydrogens is 368 g/mol. The van der Waals surface area contributed by atoms with E-state index in [4.69, 9.17) is 14.7 Å². The van der Waals surface area contributed by atoms with Gasteiger partial charge in [-0.3, -0.25) is 0 Å². The lowest BCUT2D eigenvalue weighted by Crippen LogP contribution is -2.31. The Kier molecular flexibility index (Phi) is 5.58. The maximum atomic E-state index is 12.9. The molecule has 9 heteroatoms. The topological polar surface area (TPSA) is 105 Å². The van der Waals surface area contributed by atoms with Crippen molar-refractivity contribution >= 4 is 10.0 Å². The summed E-state index contributed by atoms with van der Waals surface area (Å²) in [5.41, 5.74) is 0.851. The molecule has 1 atom stereocenters. The number of aromatic nitrogens is 2. The van der Waals surface area contributed by atoms with Crippen molar-refractivity contribution in [2.45, 2.75) is 31.3 Å². The van der Waals surface area contributed by atoms with E-state index in [1.165, 1.54) is 16.7 Å². The minimum atomic E-state index is -3.64. The standard InChI is InChI=1S/C18H20N4O4S/c1-3-25-17-5-4-15(10-13(17)2)27(23,24)22-9-6-14(12-22)26-18-16(11-19)20-7-8-21-18/h4-5,7-8,10,14H,3,6,9,12H2,1-2H3. The summed E-state index contributed by atoms with van der Waals surface area (Å²) in [7, 11) is -3.64. The molecule has 2 heterocycles. The average Bonchev–Trinajstić information content (AvgIpc) is 3.13.